The van der Waals surface area contributed by atoms with E-state index in [4.69, 9.17) is 16.0 Å². The van der Waals surface area contributed by atoms with Crippen molar-refractivity contribution in [3.63, 3.8) is 0 Å². The van der Waals surface area contributed by atoms with Gasteiger partial charge in [0.25, 0.3) is 5.91 Å². The summed E-state index contributed by atoms with van der Waals surface area (Å²) >= 11 is 5.89. The van der Waals surface area contributed by atoms with Crippen molar-refractivity contribution in [2.24, 2.45) is 0 Å². The number of alkyl halides is 1. The molecule has 3 nitrogen and oxygen atoms in total. The van der Waals surface area contributed by atoms with Crippen molar-refractivity contribution >= 4 is 17.5 Å². The minimum Gasteiger partial charge on any atom is -0.466 e. The first-order chi connectivity index (χ1) is 7.84. The second-order valence-corrected chi connectivity index (χ2v) is 4.98. The Hall–Kier alpha value is -0.960. The monoisotopic (exact) mass is 257 g/mol. The smallest absolute Gasteiger partial charge is 0.255 e. The van der Waals surface area contributed by atoms with Gasteiger partial charge in [-0.25, -0.2) is 0 Å². The molecule has 1 unspecified atom stereocenters. The van der Waals surface area contributed by atoms with Crippen LogP contribution >= 0.6 is 11.6 Å². The van der Waals surface area contributed by atoms with E-state index in [1.54, 1.807) is 6.92 Å². The summed E-state index contributed by atoms with van der Waals surface area (Å²) in [6.45, 7) is 9.50. The van der Waals surface area contributed by atoms with Crippen LogP contribution in [0.15, 0.2) is 4.42 Å². The van der Waals surface area contributed by atoms with E-state index in [-0.39, 0.29) is 11.4 Å². The van der Waals surface area contributed by atoms with Gasteiger partial charge in [0.1, 0.15) is 11.5 Å². The van der Waals surface area contributed by atoms with Crippen molar-refractivity contribution in [1.82, 2.24) is 5.32 Å². The molecular weight excluding hydrogens is 238 g/mol. The van der Waals surface area contributed by atoms with Crippen LogP contribution in [0.2, 0.25) is 0 Å². The number of nitrogens with one attached hydrogen (secondary N) is 1. The van der Waals surface area contributed by atoms with Crippen molar-refractivity contribution < 1.29 is 9.21 Å². The highest BCUT2D eigenvalue weighted by Crippen LogP contribution is 2.22. The number of rotatable bonds is 4. The average molecular weight is 258 g/mol. The molecule has 0 bridgehead atoms. The molecule has 17 heavy (non-hydrogen) atoms. The fraction of sp³-hybridized carbons (Fsp3) is 0.615. The number of hydrogen-bond acceptors (Lipinski definition) is 2. The Morgan fingerprint density at radius 3 is 2.29 bits per heavy atom. The molecule has 0 radical (unpaired) electrons. The summed E-state index contributed by atoms with van der Waals surface area (Å²) in [5, 5.41) is 2.97. The van der Waals surface area contributed by atoms with E-state index < -0.39 is 0 Å². The number of carbonyl (C=O) groups is 1. The molecular formula is C13H20ClNO2. The van der Waals surface area contributed by atoms with Crippen LogP contribution in [0.5, 0.6) is 0 Å². The maximum absolute atomic E-state index is 12.2. The van der Waals surface area contributed by atoms with Crippen LogP contribution in [0, 0.1) is 20.8 Å². The number of amides is 1. The highest BCUT2D eigenvalue weighted by Gasteiger charge is 2.27. The van der Waals surface area contributed by atoms with Crippen LogP contribution in [0.25, 0.3) is 0 Å². The van der Waals surface area contributed by atoms with Gasteiger partial charge in [0.15, 0.2) is 0 Å². The Bertz CT molecular complexity index is 419. The van der Waals surface area contributed by atoms with Crippen LogP contribution in [0.4, 0.5) is 0 Å². The first-order valence-corrected chi connectivity index (χ1v) is 6.33. The van der Waals surface area contributed by atoms with E-state index in [9.17, 15) is 4.79 Å². The Labute approximate surface area is 108 Å². The Balaban J connectivity index is 2.98. The molecule has 4 heteroatoms. The molecule has 0 aromatic carbocycles. The number of aryl methyl sites for hydroxylation is 2. The number of halogens is 1. The molecule has 1 aromatic heterocycles. The first kappa shape index (κ1) is 14.1. The van der Waals surface area contributed by atoms with Crippen LogP contribution in [-0.4, -0.2) is 17.3 Å². The molecule has 0 aliphatic rings. The molecule has 1 atom stereocenters. The fourth-order valence-electron chi connectivity index (χ4n) is 1.68. The van der Waals surface area contributed by atoms with Crippen molar-refractivity contribution in [2.45, 2.75) is 46.6 Å². The Morgan fingerprint density at radius 1 is 1.35 bits per heavy atom. The minimum absolute atomic E-state index is 0.109. The van der Waals surface area contributed by atoms with Crippen LogP contribution in [0.1, 0.15) is 47.7 Å². The lowest BCUT2D eigenvalue weighted by molar-refractivity contribution is 0.0910. The van der Waals surface area contributed by atoms with Gasteiger partial charge in [-0.15, -0.1) is 11.6 Å². The van der Waals surface area contributed by atoms with Gasteiger partial charge < -0.3 is 9.73 Å². The highest BCUT2D eigenvalue weighted by atomic mass is 35.5. The summed E-state index contributed by atoms with van der Waals surface area (Å²) in [7, 11) is 0. The van der Waals surface area contributed by atoms with Gasteiger partial charge in [-0.05, 0) is 34.1 Å². The molecule has 1 N–H and O–H groups in total. The molecule has 1 heterocycles. The van der Waals surface area contributed by atoms with Crippen LogP contribution in [0.3, 0.4) is 0 Å². The quantitative estimate of drug-likeness (QED) is 0.841. The van der Waals surface area contributed by atoms with E-state index in [0.29, 0.717) is 17.2 Å². The number of carbonyl (C=O) groups excluding carboxylic acids is 1. The average Bonchev–Trinajstić information content (AvgIpc) is 2.53. The maximum atomic E-state index is 12.2. The molecule has 0 saturated carbocycles. The molecule has 1 rings (SSSR count). The summed E-state index contributed by atoms with van der Waals surface area (Å²) in [6, 6.07) is 0. The lowest BCUT2D eigenvalue weighted by atomic mass is 10.00. The van der Waals surface area contributed by atoms with E-state index >= 15 is 0 Å². The first-order valence-electron chi connectivity index (χ1n) is 5.79. The zero-order chi connectivity index (χ0) is 13.2. The topological polar surface area (TPSA) is 42.2 Å². The summed E-state index contributed by atoms with van der Waals surface area (Å²) in [5.41, 5.74) is 1.16. The predicted molar refractivity (Wildman–Crippen MR) is 69.8 cm³/mol. The molecule has 1 aromatic rings. The summed E-state index contributed by atoms with van der Waals surface area (Å²) in [4.78, 5) is 12.2. The molecule has 0 spiro atoms. The molecule has 0 aliphatic carbocycles. The summed E-state index contributed by atoms with van der Waals surface area (Å²) in [5.74, 6) is 1.73. The third-order valence-electron chi connectivity index (χ3n) is 3.28. The fourth-order valence-corrected chi connectivity index (χ4v) is 1.94. The van der Waals surface area contributed by atoms with Crippen molar-refractivity contribution in [3.8, 4) is 0 Å². The molecule has 1 amide bonds. The largest absolute Gasteiger partial charge is 0.466 e. The normalized spacial score (nSPS) is 14.5. The predicted octanol–water partition coefficient (Wildman–Crippen LogP) is 3.34. The van der Waals surface area contributed by atoms with Crippen molar-refractivity contribution in [2.75, 3.05) is 5.88 Å². The number of furan rings is 1. The van der Waals surface area contributed by atoms with Gasteiger partial charge in [-0.3, -0.25) is 4.79 Å². The van der Waals surface area contributed by atoms with E-state index in [2.05, 4.69) is 5.32 Å². The van der Waals surface area contributed by atoms with E-state index in [1.165, 1.54) is 0 Å². The van der Waals surface area contributed by atoms with Gasteiger partial charge in [-0.2, -0.15) is 0 Å². The molecule has 0 fully saturated rings. The SMILES string of the molecule is CCC(C)(CCl)NC(=O)c1c(C)oc(C)c1C. The van der Waals surface area contributed by atoms with Gasteiger partial charge in [0.05, 0.1) is 11.1 Å². The van der Waals surface area contributed by atoms with Crippen molar-refractivity contribution in [3.05, 3.63) is 22.6 Å². The van der Waals surface area contributed by atoms with Gasteiger partial charge in [0, 0.05) is 11.4 Å². The van der Waals surface area contributed by atoms with Crippen LogP contribution in [-0.2, 0) is 0 Å². The van der Waals surface area contributed by atoms with Crippen molar-refractivity contribution in [1.29, 1.82) is 0 Å². The maximum Gasteiger partial charge on any atom is 0.255 e. The molecule has 0 saturated heterocycles. The zero-order valence-corrected chi connectivity index (χ0v) is 11.9. The van der Waals surface area contributed by atoms with Gasteiger partial charge >= 0.3 is 0 Å². The third-order valence-corrected chi connectivity index (χ3v) is 3.87. The minimum atomic E-state index is -0.372. The summed E-state index contributed by atoms with van der Waals surface area (Å²) in [6.07, 6.45) is 0.789. The molecule has 96 valence electrons. The Kier molecular flexibility index (Phi) is 4.26. The second kappa shape index (κ2) is 5.13. The van der Waals surface area contributed by atoms with E-state index in [0.717, 1.165) is 17.7 Å². The number of hydrogen-bond donors (Lipinski definition) is 1. The Morgan fingerprint density at radius 2 is 1.94 bits per heavy atom. The zero-order valence-electron chi connectivity index (χ0n) is 11.1. The van der Waals surface area contributed by atoms with E-state index in [1.807, 2.05) is 27.7 Å². The lowest BCUT2D eigenvalue weighted by Crippen LogP contribution is -2.47. The standard InChI is InChI=1S/C13H20ClNO2/c1-6-13(5,7-14)15-12(16)11-8(2)9(3)17-10(11)4/h6-7H2,1-5H3,(H,15,16). The lowest BCUT2D eigenvalue weighted by Gasteiger charge is -2.27. The summed E-state index contributed by atoms with van der Waals surface area (Å²) < 4.78 is 5.45. The second-order valence-electron chi connectivity index (χ2n) is 4.72. The van der Waals surface area contributed by atoms with Gasteiger partial charge in [-0.1, -0.05) is 6.92 Å². The van der Waals surface area contributed by atoms with Crippen LogP contribution < -0.4 is 5.32 Å². The third kappa shape index (κ3) is 2.83. The molecule has 0 aliphatic heterocycles. The van der Waals surface area contributed by atoms with Gasteiger partial charge in [0.2, 0.25) is 0 Å². The highest BCUT2D eigenvalue weighted by molar-refractivity contribution is 6.18.